The van der Waals surface area contributed by atoms with Gasteiger partial charge >= 0.3 is 12.1 Å². The van der Waals surface area contributed by atoms with Gasteiger partial charge in [0.15, 0.2) is 6.61 Å². The molecule has 0 aliphatic heterocycles. The third-order valence-electron chi connectivity index (χ3n) is 4.36. The lowest BCUT2D eigenvalue weighted by atomic mass is 10.1. The van der Waals surface area contributed by atoms with Gasteiger partial charge in [0, 0.05) is 26.0 Å². The molecule has 3 rings (SSSR count). The summed E-state index contributed by atoms with van der Waals surface area (Å²) in [6.45, 7) is 3.25. The van der Waals surface area contributed by atoms with Crippen LogP contribution >= 0.6 is 34.4 Å². The lowest BCUT2D eigenvalue weighted by Crippen LogP contribution is -2.14. The molecule has 0 atom stereocenters. The number of halogens is 3. The number of thioether (sulfide) groups is 1. The van der Waals surface area contributed by atoms with Crippen LogP contribution in [-0.2, 0) is 11.0 Å². The number of rotatable bonds is 8. The normalized spacial score (nSPS) is 11.4. The van der Waals surface area contributed by atoms with E-state index in [1.807, 2.05) is 30.7 Å². The Hall–Kier alpha value is -2.23. The van der Waals surface area contributed by atoms with E-state index >= 15 is 0 Å². The average Bonchev–Trinajstić information content (AvgIpc) is 3.31. The van der Waals surface area contributed by atoms with Crippen LogP contribution in [0.25, 0.3) is 5.57 Å². The fraction of sp³-hybridized carbons (Fsp3) is 0.227. The minimum absolute atomic E-state index is 0.427. The van der Waals surface area contributed by atoms with E-state index in [4.69, 9.17) is 9.84 Å². The number of benzene rings is 1. The van der Waals surface area contributed by atoms with Crippen LogP contribution in [0, 0.1) is 13.8 Å². The zero-order chi connectivity index (χ0) is 22.6. The molecular formula is C22H19F3O3S3. The molecule has 0 bridgehead atoms. The van der Waals surface area contributed by atoms with Crippen molar-refractivity contribution in [2.24, 2.45) is 0 Å². The van der Waals surface area contributed by atoms with Crippen LogP contribution in [0.2, 0.25) is 0 Å². The second kappa shape index (κ2) is 9.93. The number of carboxylic acids is 1. The number of aryl methyl sites for hydroxylation is 2. The minimum Gasteiger partial charge on any atom is -0.481 e. The highest BCUT2D eigenvalue weighted by Crippen LogP contribution is 2.39. The van der Waals surface area contributed by atoms with Gasteiger partial charge in [-0.1, -0.05) is 6.08 Å². The average molecular weight is 485 g/mol. The van der Waals surface area contributed by atoms with Crippen LogP contribution in [0.3, 0.4) is 0 Å². The molecule has 1 N–H and O–H groups in total. The first kappa shape index (κ1) is 23.4. The molecule has 9 heteroatoms. The van der Waals surface area contributed by atoms with Gasteiger partial charge in [0.1, 0.15) is 5.75 Å². The Morgan fingerprint density at radius 2 is 1.71 bits per heavy atom. The number of hydrogen-bond donors (Lipinski definition) is 1. The van der Waals surface area contributed by atoms with E-state index in [0.29, 0.717) is 10.6 Å². The van der Waals surface area contributed by atoms with Gasteiger partial charge in [-0.3, -0.25) is 0 Å². The fourth-order valence-corrected chi connectivity index (χ4v) is 5.71. The number of ether oxygens (including phenoxy) is 1. The summed E-state index contributed by atoms with van der Waals surface area (Å²) in [5.41, 5.74) is 2.43. The van der Waals surface area contributed by atoms with Gasteiger partial charge in [0.25, 0.3) is 0 Å². The van der Waals surface area contributed by atoms with Gasteiger partial charge in [-0.05, 0) is 66.1 Å². The Morgan fingerprint density at radius 1 is 1.10 bits per heavy atom. The van der Waals surface area contributed by atoms with E-state index in [2.05, 4.69) is 12.1 Å². The van der Waals surface area contributed by atoms with Crippen molar-refractivity contribution in [1.82, 2.24) is 0 Å². The molecule has 0 fully saturated rings. The second-order valence-corrected chi connectivity index (χ2v) is 9.56. The summed E-state index contributed by atoms with van der Waals surface area (Å²) in [7, 11) is 0. The number of aliphatic carboxylic acids is 1. The summed E-state index contributed by atoms with van der Waals surface area (Å²) < 4.78 is 45.1. The maximum absolute atomic E-state index is 13.4. The molecule has 0 aliphatic carbocycles. The van der Waals surface area contributed by atoms with Crippen molar-refractivity contribution < 1.29 is 27.8 Å². The molecule has 164 valence electrons. The Labute approximate surface area is 190 Å². The molecule has 2 aromatic heterocycles. The lowest BCUT2D eigenvalue weighted by molar-refractivity contribution is -0.143. The monoisotopic (exact) mass is 484 g/mol. The number of alkyl halides is 3. The summed E-state index contributed by atoms with van der Waals surface area (Å²) in [6.07, 6.45) is -2.60. The third-order valence-corrected chi connectivity index (χ3v) is 7.38. The predicted octanol–water partition coefficient (Wildman–Crippen LogP) is 7.13. The molecule has 0 radical (unpaired) electrons. The minimum atomic E-state index is -4.65. The smallest absolute Gasteiger partial charge is 0.420 e. The van der Waals surface area contributed by atoms with Crippen molar-refractivity contribution in [2.75, 3.05) is 12.4 Å². The van der Waals surface area contributed by atoms with Crippen LogP contribution in [-0.4, -0.2) is 23.4 Å². The van der Waals surface area contributed by atoms with E-state index < -0.39 is 30.1 Å². The molecular weight excluding hydrogens is 465 g/mol. The zero-order valence-electron chi connectivity index (χ0n) is 16.7. The van der Waals surface area contributed by atoms with Gasteiger partial charge in [-0.25, -0.2) is 4.79 Å². The molecule has 3 aromatic rings. The molecule has 31 heavy (non-hydrogen) atoms. The summed E-state index contributed by atoms with van der Waals surface area (Å²) in [4.78, 5) is 13.4. The van der Waals surface area contributed by atoms with Gasteiger partial charge in [0.05, 0.1) is 5.56 Å². The predicted molar refractivity (Wildman–Crippen MR) is 120 cm³/mol. The maximum atomic E-state index is 13.4. The van der Waals surface area contributed by atoms with Crippen molar-refractivity contribution in [3.63, 3.8) is 0 Å². The highest BCUT2D eigenvalue weighted by atomic mass is 32.2. The molecule has 0 saturated heterocycles. The number of carbonyl (C=O) groups is 1. The van der Waals surface area contributed by atoms with Crippen LogP contribution < -0.4 is 4.74 Å². The van der Waals surface area contributed by atoms with Gasteiger partial charge in [-0.15, -0.1) is 34.4 Å². The van der Waals surface area contributed by atoms with E-state index in [1.54, 1.807) is 22.7 Å². The summed E-state index contributed by atoms with van der Waals surface area (Å²) in [5.74, 6) is -1.34. The van der Waals surface area contributed by atoms with Crippen LogP contribution in [0.4, 0.5) is 13.2 Å². The molecule has 0 saturated carbocycles. The SMILES string of the molecule is Cc1ccsc1C(=CCSc1ccc(OCC(=O)O)c(C(F)(F)F)c1)c1sccc1C. The standard InChI is InChI=1S/C22H19F3O3S3/c1-13-5-8-30-20(13)16(21-14(2)6-9-31-21)7-10-29-15-3-4-18(28-12-19(26)27)17(11-15)22(23,24)25/h3-9,11H,10,12H2,1-2H3,(H,26,27). The van der Waals surface area contributed by atoms with Gasteiger partial charge < -0.3 is 9.84 Å². The van der Waals surface area contributed by atoms with E-state index in [1.165, 1.54) is 23.9 Å². The second-order valence-electron chi connectivity index (χ2n) is 6.63. The Kier molecular flexibility index (Phi) is 7.51. The number of carboxylic acid groups (broad SMARTS) is 1. The van der Waals surface area contributed by atoms with Crippen LogP contribution in [0.1, 0.15) is 26.4 Å². The molecule has 3 nitrogen and oxygen atoms in total. The Bertz CT molecular complexity index is 1050. The number of thiophene rings is 2. The third kappa shape index (κ3) is 5.93. The summed E-state index contributed by atoms with van der Waals surface area (Å²) in [5, 5.41) is 12.7. The Balaban J connectivity index is 1.85. The molecule has 0 unspecified atom stereocenters. The largest absolute Gasteiger partial charge is 0.481 e. The highest BCUT2D eigenvalue weighted by molar-refractivity contribution is 7.99. The first-order valence-corrected chi connectivity index (χ1v) is 11.9. The lowest BCUT2D eigenvalue weighted by Gasteiger charge is -2.14. The zero-order valence-corrected chi connectivity index (χ0v) is 19.1. The molecule has 0 spiro atoms. The van der Waals surface area contributed by atoms with Crippen molar-refractivity contribution >= 4 is 46.0 Å². The molecule has 0 amide bonds. The number of hydrogen-bond acceptors (Lipinski definition) is 5. The topological polar surface area (TPSA) is 46.5 Å². The van der Waals surface area contributed by atoms with Crippen molar-refractivity contribution in [3.05, 3.63) is 73.6 Å². The highest BCUT2D eigenvalue weighted by Gasteiger charge is 2.35. The van der Waals surface area contributed by atoms with Gasteiger partial charge in [0.2, 0.25) is 0 Å². The fourth-order valence-electron chi connectivity index (χ4n) is 2.89. The Morgan fingerprint density at radius 3 is 2.19 bits per heavy atom. The summed E-state index contributed by atoms with van der Waals surface area (Å²) in [6, 6.07) is 7.79. The first-order chi connectivity index (χ1) is 14.7. The van der Waals surface area contributed by atoms with E-state index in [0.717, 1.165) is 32.5 Å². The molecule has 1 aromatic carbocycles. The van der Waals surface area contributed by atoms with Crippen LogP contribution in [0.5, 0.6) is 5.75 Å². The summed E-state index contributed by atoms with van der Waals surface area (Å²) >= 11 is 4.56. The molecule has 0 aliphatic rings. The van der Waals surface area contributed by atoms with Crippen molar-refractivity contribution in [1.29, 1.82) is 0 Å². The van der Waals surface area contributed by atoms with Crippen molar-refractivity contribution in [3.8, 4) is 5.75 Å². The van der Waals surface area contributed by atoms with E-state index in [9.17, 15) is 18.0 Å². The first-order valence-electron chi connectivity index (χ1n) is 9.14. The van der Waals surface area contributed by atoms with E-state index in [-0.39, 0.29) is 0 Å². The molecule has 2 heterocycles. The maximum Gasteiger partial charge on any atom is 0.420 e. The van der Waals surface area contributed by atoms with Gasteiger partial charge in [-0.2, -0.15) is 13.2 Å². The van der Waals surface area contributed by atoms with Crippen molar-refractivity contribution in [2.45, 2.75) is 24.9 Å². The quantitative estimate of drug-likeness (QED) is 0.346. The van der Waals surface area contributed by atoms with Crippen LogP contribution in [0.15, 0.2) is 52.1 Å².